The first-order valence-corrected chi connectivity index (χ1v) is 6.68. The molecule has 0 heterocycles. The van der Waals surface area contributed by atoms with Gasteiger partial charge in [0.15, 0.2) is 0 Å². The molecule has 0 aliphatic heterocycles. The van der Waals surface area contributed by atoms with Crippen LogP contribution in [0.1, 0.15) is 37.3 Å². The summed E-state index contributed by atoms with van der Waals surface area (Å²) in [4.78, 5) is 0. The maximum absolute atomic E-state index is 13.7. The van der Waals surface area contributed by atoms with Gasteiger partial charge in [-0.3, -0.25) is 0 Å². The van der Waals surface area contributed by atoms with Crippen molar-refractivity contribution in [3.63, 3.8) is 0 Å². The summed E-state index contributed by atoms with van der Waals surface area (Å²) in [6.07, 6.45) is 4.92. The van der Waals surface area contributed by atoms with Gasteiger partial charge < -0.3 is 5.73 Å². The summed E-state index contributed by atoms with van der Waals surface area (Å²) in [7, 11) is 0. The molecule has 18 heavy (non-hydrogen) atoms. The Morgan fingerprint density at radius 1 is 1.11 bits per heavy atom. The zero-order valence-electron chi connectivity index (χ0n) is 10.4. The van der Waals surface area contributed by atoms with Crippen molar-refractivity contribution in [2.75, 3.05) is 0 Å². The molecule has 3 rings (SSSR count). The number of nitrogens with two attached hydrogens (primary N) is 1. The van der Waals surface area contributed by atoms with Crippen LogP contribution in [0.15, 0.2) is 36.4 Å². The molecule has 2 N–H and O–H groups in total. The lowest BCUT2D eigenvalue weighted by molar-refractivity contribution is 0.576. The fraction of sp³-hybridized carbons (Fsp3) is 0.375. The van der Waals surface area contributed by atoms with Crippen molar-refractivity contribution in [1.82, 2.24) is 0 Å². The zero-order chi connectivity index (χ0) is 12.5. The Labute approximate surface area is 107 Å². The first-order valence-electron chi connectivity index (χ1n) is 6.68. The number of fused-ring (bicyclic) bond motifs is 1. The second-order valence-corrected chi connectivity index (χ2v) is 5.31. The van der Waals surface area contributed by atoms with E-state index in [1.807, 2.05) is 30.3 Å². The van der Waals surface area contributed by atoms with Gasteiger partial charge >= 0.3 is 0 Å². The minimum absolute atomic E-state index is 0.0242. The van der Waals surface area contributed by atoms with Crippen molar-refractivity contribution in [3.8, 4) is 0 Å². The highest BCUT2D eigenvalue weighted by Crippen LogP contribution is 2.36. The van der Waals surface area contributed by atoms with Crippen LogP contribution in [-0.4, -0.2) is 0 Å². The maximum Gasteiger partial charge on any atom is 0.131 e. The van der Waals surface area contributed by atoms with Gasteiger partial charge in [-0.1, -0.05) is 43.2 Å². The molecule has 0 spiro atoms. The third kappa shape index (κ3) is 2.25. The molecule has 1 aliphatic rings. The van der Waals surface area contributed by atoms with Gasteiger partial charge in [0.2, 0.25) is 0 Å². The van der Waals surface area contributed by atoms with Crippen LogP contribution in [0.25, 0.3) is 10.8 Å². The van der Waals surface area contributed by atoms with E-state index in [1.54, 1.807) is 0 Å². The van der Waals surface area contributed by atoms with Crippen molar-refractivity contribution >= 4 is 10.8 Å². The lowest BCUT2D eigenvalue weighted by Crippen LogP contribution is -2.11. The van der Waals surface area contributed by atoms with Gasteiger partial charge in [-0.25, -0.2) is 4.39 Å². The Hall–Kier alpha value is -1.41. The second-order valence-electron chi connectivity index (χ2n) is 5.31. The summed E-state index contributed by atoms with van der Waals surface area (Å²) in [5.74, 6) is 0.728. The van der Waals surface area contributed by atoms with Gasteiger partial charge in [0.1, 0.15) is 5.82 Å². The Balaban J connectivity index is 1.92. The standard InChI is InChI=1S/C16H18FN/c17-15-9-8-14(12-3-1-2-4-13(12)15)16(18)10-7-11-5-6-11/h1-4,8-9,11,16H,5-7,10,18H2. The third-order valence-corrected chi connectivity index (χ3v) is 3.89. The molecular weight excluding hydrogens is 225 g/mol. The van der Waals surface area contributed by atoms with Gasteiger partial charge in [-0.15, -0.1) is 0 Å². The molecule has 2 heteroatoms. The predicted molar refractivity (Wildman–Crippen MR) is 72.8 cm³/mol. The number of halogens is 1. The van der Waals surface area contributed by atoms with Crippen LogP contribution in [0.4, 0.5) is 4.39 Å². The van der Waals surface area contributed by atoms with E-state index in [9.17, 15) is 4.39 Å². The number of rotatable bonds is 4. The van der Waals surface area contributed by atoms with Crippen LogP contribution in [0, 0.1) is 11.7 Å². The van der Waals surface area contributed by atoms with E-state index >= 15 is 0 Å². The highest BCUT2D eigenvalue weighted by molar-refractivity contribution is 5.86. The molecule has 1 atom stereocenters. The van der Waals surface area contributed by atoms with Gasteiger partial charge in [0, 0.05) is 11.4 Å². The number of hydrogen-bond acceptors (Lipinski definition) is 1. The lowest BCUT2D eigenvalue weighted by Gasteiger charge is -2.15. The van der Waals surface area contributed by atoms with Crippen molar-refractivity contribution < 1.29 is 4.39 Å². The summed E-state index contributed by atoms with van der Waals surface area (Å²) >= 11 is 0. The Morgan fingerprint density at radius 2 is 1.83 bits per heavy atom. The summed E-state index contributed by atoms with van der Waals surface area (Å²) in [5, 5.41) is 1.64. The summed E-state index contributed by atoms with van der Waals surface area (Å²) in [5.41, 5.74) is 7.34. The Bertz CT molecular complexity index is 560. The average molecular weight is 243 g/mol. The molecule has 2 aromatic carbocycles. The molecular formula is C16H18FN. The summed E-state index contributed by atoms with van der Waals surface area (Å²) in [6.45, 7) is 0. The van der Waals surface area contributed by atoms with Crippen molar-refractivity contribution in [1.29, 1.82) is 0 Å². The molecule has 1 nitrogen and oxygen atoms in total. The van der Waals surface area contributed by atoms with E-state index in [2.05, 4.69) is 0 Å². The molecule has 0 radical (unpaired) electrons. The minimum Gasteiger partial charge on any atom is -0.324 e. The second kappa shape index (κ2) is 4.69. The summed E-state index contributed by atoms with van der Waals surface area (Å²) < 4.78 is 13.7. The maximum atomic E-state index is 13.7. The smallest absolute Gasteiger partial charge is 0.131 e. The molecule has 0 bridgehead atoms. The molecule has 2 aromatic rings. The summed E-state index contributed by atoms with van der Waals surface area (Å²) in [6, 6.07) is 11.0. The SMILES string of the molecule is NC(CCC1CC1)c1ccc(F)c2ccccc12. The van der Waals surface area contributed by atoms with Crippen LogP contribution in [0.3, 0.4) is 0 Å². The normalized spacial score (nSPS) is 17.0. The van der Waals surface area contributed by atoms with E-state index in [1.165, 1.54) is 25.3 Å². The van der Waals surface area contributed by atoms with E-state index < -0.39 is 0 Å². The van der Waals surface area contributed by atoms with Gasteiger partial charge in [-0.05, 0) is 35.8 Å². The molecule has 0 aromatic heterocycles. The van der Waals surface area contributed by atoms with Gasteiger partial charge in [-0.2, -0.15) is 0 Å². The van der Waals surface area contributed by atoms with Gasteiger partial charge in [0.05, 0.1) is 0 Å². The molecule has 1 fully saturated rings. The van der Waals surface area contributed by atoms with Crippen molar-refractivity contribution in [3.05, 3.63) is 47.8 Å². The van der Waals surface area contributed by atoms with Crippen LogP contribution >= 0.6 is 0 Å². The Morgan fingerprint density at radius 3 is 2.56 bits per heavy atom. The zero-order valence-corrected chi connectivity index (χ0v) is 10.4. The topological polar surface area (TPSA) is 26.0 Å². The fourth-order valence-electron chi connectivity index (χ4n) is 2.59. The third-order valence-electron chi connectivity index (χ3n) is 3.89. The minimum atomic E-state index is -0.163. The number of benzene rings is 2. The van der Waals surface area contributed by atoms with Crippen LogP contribution < -0.4 is 5.73 Å². The monoisotopic (exact) mass is 243 g/mol. The molecule has 1 saturated carbocycles. The average Bonchev–Trinajstić information content (AvgIpc) is 3.21. The first kappa shape index (κ1) is 11.7. The quantitative estimate of drug-likeness (QED) is 0.857. The highest BCUT2D eigenvalue weighted by atomic mass is 19.1. The largest absolute Gasteiger partial charge is 0.324 e. The molecule has 0 saturated heterocycles. The van der Waals surface area contributed by atoms with Crippen molar-refractivity contribution in [2.24, 2.45) is 11.7 Å². The molecule has 1 unspecified atom stereocenters. The van der Waals surface area contributed by atoms with E-state index in [0.29, 0.717) is 5.39 Å². The van der Waals surface area contributed by atoms with Crippen molar-refractivity contribution in [2.45, 2.75) is 31.7 Å². The van der Waals surface area contributed by atoms with Crippen LogP contribution in [-0.2, 0) is 0 Å². The molecule has 0 amide bonds. The first-order chi connectivity index (χ1) is 8.75. The predicted octanol–water partition coefficient (Wildman–Crippen LogP) is 4.17. The highest BCUT2D eigenvalue weighted by Gasteiger charge is 2.22. The van der Waals surface area contributed by atoms with E-state index in [4.69, 9.17) is 5.73 Å². The molecule has 94 valence electrons. The Kier molecular flexibility index (Phi) is 3.04. The van der Waals surface area contributed by atoms with Gasteiger partial charge in [0.25, 0.3) is 0 Å². The fourth-order valence-corrected chi connectivity index (χ4v) is 2.59. The van der Waals surface area contributed by atoms with E-state index in [-0.39, 0.29) is 11.9 Å². The lowest BCUT2D eigenvalue weighted by atomic mass is 9.95. The van der Waals surface area contributed by atoms with Crippen LogP contribution in [0.2, 0.25) is 0 Å². The number of hydrogen-bond donors (Lipinski definition) is 1. The van der Waals surface area contributed by atoms with E-state index in [0.717, 1.165) is 23.3 Å². The van der Waals surface area contributed by atoms with Crippen LogP contribution in [0.5, 0.6) is 0 Å². The molecule has 1 aliphatic carbocycles.